The lowest BCUT2D eigenvalue weighted by Gasteiger charge is -2.14. The third kappa shape index (κ3) is 5.24. The molecule has 0 saturated heterocycles. The van der Waals surface area contributed by atoms with Crippen LogP contribution in [0.1, 0.15) is 18.4 Å². The van der Waals surface area contributed by atoms with Crippen LogP contribution in [-0.2, 0) is 6.42 Å². The smallest absolute Gasteiger partial charge is 0.00457 e. The van der Waals surface area contributed by atoms with E-state index in [0.29, 0.717) is 5.92 Å². The number of hydrogen-bond acceptors (Lipinski definition) is 2. The molecule has 0 aliphatic heterocycles. The standard InChI is InChI=1S/C13H21NS/c1-15-9-5-8-13(11-14)10-12-6-3-2-4-7-12/h2-4,6-7,13H,5,8-11,14H2,1H3. The van der Waals surface area contributed by atoms with E-state index in [2.05, 4.69) is 36.6 Å². The van der Waals surface area contributed by atoms with E-state index in [1.807, 2.05) is 11.8 Å². The highest BCUT2D eigenvalue weighted by molar-refractivity contribution is 7.98. The first kappa shape index (κ1) is 12.6. The molecule has 1 atom stereocenters. The highest BCUT2D eigenvalue weighted by Gasteiger charge is 2.06. The Balaban J connectivity index is 2.33. The van der Waals surface area contributed by atoms with Crippen LogP contribution in [0.25, 0.3) is 0 Å². The number of thioether (sulfide) groups is 1. The highest BCUT2D eigenvalue weighted by Crippen LogP contribution is 2.14. The summed E-state index contributed by atoms with van der Waals surface area (Å²) in [5.41, 5.74) is 7.21. The molecule has 1 rings (SSSR count). The Morgan fingerprint density at radius 1 is 1.27 bits per heavy atom. The van der Waals surface area contributed by atoms with Crippen LogP contribution in [0.5, 0.6) is 0 Å². The Morgan fingerprint density at radius 3 is 2.60 bits per heavy atom. The average molecular weight is 223 g/mol. The maximum absolute atomic E-state index is 5.80. The van der Waals surface area contributed by atoms with Gasteiger partial charge in [0.05, 0.1) is 0 Å². The summed E-state index contributed by atoms with van der Waals surface area (Å²) in [6, 6.07) is 10.7. The zero-order chi connectivity index (χ0) is 10.9. The Kier molecular flexibility index (Phi) is 6.53. The quantitative estimate of drug-likeness (QED) is 0.719. The van der Waals surface area contributed by atoms with Gasteiger partial charge in [-0.25, -0.2) is 0 Å². The number of rotatable bonds is 7. The third-order valence-corrected chi connectivity index (χ3v) is 3.36. The molecule has 0 saturated carbocycles. The molecule has 0 aliphatic carbocycles. The van der Waals surface area contributed by atoms with Gasteiger partial charge >= 0.3 is 0 Å². The predicted molar refractivity (Wildman–Crippen MR) is 70.3 cm³/mol. The van der Waals surface area contributed by atoms with Crippen molar-refractivity contribution in [3.63, 3.8) is 0 Å². The first-order valence-electron chi connectivity index (χ1n) is 5.59. The molecule has 0 bridgehead atoms. The van der Waals surface area contributed by atoms with Crippen molar-refractivity contribution in [1.29, 1.82) is 0 Å². The molecule has 2 N–H and O–H groups in total. The van der Waals surface area contributed by atoms with Crippen LogP contribution >= 0.6 is 11.8 Å². The van der Waals surface area contributed by atoms with Crippen molar-refractivity contribution in [2.75, 3.05) is 18.6 Å². The molecule has 0 heterocycles. The van der Waals surface area contributed by atoms with Gasteiger partial charge in [0.1, 0.15) is 0 Å². The third-order valence-electron chi connectivity index (χ3n) is 2.66. The lowest BCUT2D eigenvalue weighted by atomic mass is 9.95. The van der Waals surface area contributed by atoms with Gasteiger partial charge in [-0.3, -0.25) is 0 Å². The van der Waals surface area contributed by atoms with Crippen molar-refractivity contribution in [2.45, 2.75) is 19.3 Å². The topological polar surface area (TPSA) is 26.0 Å². The molecule has 1 nitrogen and oxygen atoms in total. The lowest BCUT2D eigenvalue weighted by molar-refractivity contribution is 0.489. The summed E-state index contributed by atoms with van der Waals surface area (Å²) in [5, 5.41) is 0. The van der Waals surface area contributed by atoms with Crippen molar-refractivity contribution >= 4 is 11.8 Å². The van der Waals surface area contributed by atoms with E-state index in [9.17, 15) is 0 Å². The molecule has 15 heavy (non-hydrogen) atoms. The van der Waals surface area contributed by atoms with Gasteiger partial charge < -0.3 is 5.73 Å². The van der Waals surface area contributed by atoms with Crippen molar-refractivity contribution < 1.29 is 0 Å². The molecule has 2 heteroatoms. The largest absolute Gasteiger partial charge is 0.330 e. The van der Waals surface area contributed by atoms with E-state index in [1.165, 1.54) is 24.2 Å². The summed E-state index contributed by atoms with van der Waals surface area (Å²) in [5.74, 6) is 1.91. The fourth-order valence-electron chi connectivity index (χ4n) is 1.77. The summed E-state index contributed by atoms with van der Waals surface area (Å²) in [6.07, 6.45) is 5.84. The summed E-state index contributed by atoms with van der Waals surface area (Å²) in [4.78, 5) is 0. The van der Waals surface area contributed by atoms with Crippen LogP contribution in [0.3, 0.4) is 0 Å². The van der Waals surface area contributed by atoms with Gasteiger partial charge in [-0.2, -0.15) is 11.8 Å². The van der Waals surface area contributed by atoms with Gasteiger partial charge in [0.25, 0.3) is 0 Å². The molecule has 0 fully saturated rings. The van der Waals surface area contributed by atoms with E-state index >= 15 is 0 Å². The monoisotopic (exact) mass is 223 g/mol. The van der Waals surface area contributed by atoms with Crippen molar-refractivity contribution in [3.8, 4) is 0 Å². The second-order valence-corrected chi connectivity index (χ2v) is 4.91. The van der Waals surface area contributed by atoms with Gasteiger partial charge in [0.2, 0.25) is 0 Å². The van der Waals surface area contributed by atoms with Gasteiger partial charge in [-0.05, 0) is 49.3 Å². The van der Waals surface area contributed by atoms with Crippen LogP contribution in [0.2, 0.25) is 0 Å². The summed E-state index contributed by atoms with van der Waals surface area (Å²) < 4.78 is 0. The van der Waals surface area contributed by atoms with E-state index in [1.54, 1.807) is 0 Å². The second-order valence-electron chi connectivity index (χ2n) is 3.93. The molecule has 0 radical (unpaired) electrons. The molecular weight excluding hydrogens is 202 g/mol. The van der Waals surface area contributed by atoms with Crippen LogP contribution < -0.4 is 5.73 Å². The second kappa shape index (κ2) is 7.77. The molecule has 0 spiro atoms. The normalized spacial score (nSPS) is 12.7. The SMILES string of the molecule is CSCCCC(CN)Cc1ccccc1. The summed E-state index contributed by atoms with van der Waals surface area (Å²) >= 11 is 1.92. The van der Waals surface area contributed by atoms with Crippen molar-refractivity contribution in [2.24, 2.45) is 11.7 Å². The van der Waals surface area contributed by atoms with E-state index in [-0.39, 0.29) is 0 Å². The minimum atomic E-state index is 0.652. The molecule has 1 aromatic carbocycles. The maximum Gasteiger partial charge on any atom is -0.00457 e. The van der Waals surface area contributed by atoms with Crippen molar-refractivity contribution in [1.82, 2.24) is 0 Å². The van der Waals surface area contributed by atoms with E-state index in [4.69, 9.17) is 5.73 Å². The minimum Gasteiger partial charge on any atom is -0.330 e. The van der Waals surface area contributed by atoms with Gasteiger partial charge in [-0.15, -0.1) is 0 Å². The minimum absolute atomic E-state index is 0.652. The van der Waals surface area contributed by atoms with Crippen LogP contribution in [-0.4, -0.2) is 18.6 Å². The number of benzene rings is 1. The average Bonchev–Trinajstić information content (AvgIpc) is 2.29. The summed E-state index contributed by atoms with van der Waals surface area (Å²) in [7, 11) is 0. The molecule has 0 aromatic heterocycles. The Bertz CT molecular complexity index is 248. The highest BCUT2D eigenvalue weighted by atomic mass is 32.2. The molecule has 1 unspecified atom stereocenters. The molecule has 0 amide bonds. The number of nitrogens with two attached hydrogens (primary N) is 1. The maximum atomic E-state index is 5.80. The molecule has 1 aromatic rings. The van der Waals surface area contributed by atoms with Gasteiger partial charge in [0, 0.05) is 0 Å². The fourth-order valence-corrected chi connectivity index (χ4v) is 2.22. The van der Waals surface area contributed by atoms with Crippen molar-refractivity contribution in [3.05, 3.63) is 35.9 Å². The van der Waals surface area contributed by atoms with Gasteiger partial charge in [0.15, 0.2) is 0 Å². The fraction of sp³-hybridized carbons (Fsp3) is 0.538. The Morgan fingerprint density at radius 2 is 2.00 bits per heavy atom. The van der Waals surface area contributed by atoms with E-state index in [0.717, 1.165) is 13.0 Å². The zero-order valence-electron chi connectivity index (χ0n) is 9.49. The lowest BCUT2D eigenvalue weighted by Crippen LogP contribution is -2.17. The first-order valence-corrected chi connectivity index (χ1v) is 6.99. The van der Waals surface area contributed by atoms with Crippen LogP contribution in [0.15, 0.2) is 30.3 Å². The van der Waals surface area contributed by atoms with Crippen LogP contribution in [0, 0.1) is 5.92 Å². The van der Waals surface area contributed by atoms with Crippen LogP contribution in [0.4, 0.5) is 0 Å². The molecule has 84 valence electrons. The van der Waals surface area contributed by atoms with E-state index < -0.39 is 0 Å². The molecular formula is C13H21NS. The Labute approximate surface area is 97.4 Å². The van der Waals surface area contributed by atoms with Gasteiger partial charge in [-0.1, -0.05) is 30.3 Å². The molecule has 0 aliphatic rings. The number of hydrogen-bond donors (Lipinski definition) is 1. The first-order chi connectivity index (χ1) is 7.36. The predicted octanol–water partition coefficient (Wildman–Crippen LogP) is 2.95. The summed E-state index contributed by atoms with van der Waals surface area (Å²) in [6.45, 7) is 0.809. The zero-order valence-corrected chi connectivity index (χ0v) is 10.3. The Hall–Kier alpha value is -0.470.